The minimum atomic E-state index is 0.260. The monoisotopic (exact) mass is 318 g/mol. The van der Waals surface area contributed by atoms with Crippen molar-refractivity contribution >= 4 is 32.7 Å². The topological polar surface area (TPSA) is 33.2 Å². The van der Waals surface area contributed by atoms with Gasteiger partial charge in [-0.1, -0.05) is 28.1 Å². The molecule has 3 rings (SSSR count). The van der Waals surface area contributed by atoms with E-state index in [4.69, 9.17) is 0 Å². The van der Waals surface area contributed by atoms with E-state index in [0.717, 1.165) is 22.8 Å². The number of carbonyl (C=O) groups excluding carboxylic acids is 1. The summed E-state index contributed by atoms with van der Waals surface area (Å²) in [6.45, 7) is 1.56. The van der Waals surface area contributed by atoms with E-state index in [1.54, 1.807) is 6.20 Å². The minimum Gasteiger partial charge on any atom is -0.338 e. The molecule has 1 aromatic carbocycles. The first-order valence-electron chi connectivity index (χ1n) is 6.43. The Morgan fingerprint density at radius 2 is 2.26 bits per heavy atom. The number of hydrogen-bond acceptors (Lipinski definition) is 2. The van der Waals surface area contributed by atoms with Crippen molar-refractivity contribution in [3.8, 4) is 0 Å². The molecular weight excluding hydrogens is 304 g/mol. The van der Waals surface area contributed by atoms with Crippen LogP contribution in [0.4, 0.5) is 0 Å². The molecule has 0 spiro atoms. The average Bonchev–Trinajstić information content (AvgIpc) is 2.79. The summed E-state index contributed by atoms with van der Waals surface area (Å²) in [6.07, 6.45) is 2.47. The summed E-state index contributed by atoms with van der Waals surface area (Å²) in [5.41, 5.74) is 2.17. The first-order valence-corrected chi connectivity index (χ1v) is 7.56. The first-order chi connectivity index (χ1) is 9.26. The second-order valence-corrected chi connectivity index (χ2v) is 5.68. The fourth-order valence-electron chi connectivity index (χ4n) is 2.55. The van der Waals surface area contributed by atoms with E-state index >= 15 is 0 Å². The molecule has 0 bridgehead atoms. The Labute approximate surface area is 120 Å². The van der Waals surface area contributed by atoms with E-state index in [1.807, 2.05) is 17.0 Å². The van der Waals surface area contributed by atoms with Crippen LogP contribution in [-0.4, -0.2) is 27.7 Å². The molecule has 1 fully saturated rings. The quantitative estimate of drug-likeness (QED) is 0.815. The smallest absolute Gasteiger partial charge is 0.223 e. The fourth-order valence-corrected chi connectivity index (χ4v) is 2.99. The molecule has 1 saturated heterocycles. The molecule has 2 aromatic rings. The van der Waals surface area contributed by atoms with Gasteiger partial charge in [-0.25, -0.2) is 0 Å². The van der Waals surface area contributed by atoms with Gasteiger partial charge in [0.15, 0.2) is 0 Å². The molecule has 3 nitrogen and oxygen atoms in total. The third-order valence-electron chi connectivity index (χ3n) is 3.55. The zero-order valence-corrected chi connectivity index (χ0v) is 12.1. The average molecular weight is 319 g/mol. The highest BCUT2D eigenvalue weighted by Gasteiger charge is 2.28. The van der Waals surface area contributed by atoms with Crippen molar-refractivity contribution < 1.29 is 4.79 Å². The lowest BCUT2D eigenvalue weighted by atomic mass is 10.1. The van der Waals surface area contributed by atoms with Crippen molar-refractivity contribution in [2.45, 2.75) is 13.0 Å². The van der Waals surface area contributed by atoms with E-state index in [-0.39, 0.29) is 5.91 Å². The van der Waals surface area contributed by atoms with Crippen molar-refractivity contribution in [2.24, 2.45) is 5.92 Å². The maximum absolute atomic E-state index is 11.9. The molecule has 2 heterocycles. The molecule has 1 unspecified atom stereocenters. The van der Waals surface area contributed by atoms with Crippen LogP contribution in [0.5, 0.6) is 0 Å². The molecule has 4 heteroatoms. The SMILES string of the molecule is O=C1CC(CBr)CN1Cc1ccc2ncccc2c1. The highest BCUT2D eigenvalue weighted by atomic mass is 79.9. The molecule has 1 aliphatic rings. The summed E-state index contributed by atoms with van der Waals surface area (Å²) in [5.74, 6) is 0.713. The number of aromatic nitrogens is 1. The Hall–Kier alpha value is -1.42. The van der Waals surface area contributed by atoms with Crippen molar-refractivity contribution in [1.82, 2.24) is 9.88 Å². The zero-order chi connectivity index (χ0) is 13.2. The second kappa shape index (κ2) is 5.29. The van der Waals surface area contributed by atoms with E-state index in [2.05, 4.69) is 39.1 Å². The number of carbonyl (C=O) groups is 1. The van der Waals surface area contributed by atoms with Gasteiger partial charge in [-0.2, -0.15) is 0 Å². The van der Waals surface area contributed by atoms with Gasteiger partial charge in [0.05, 0.1) is 5.52 Å². The van der Waals surface area contributed by atoms with Gasteiger partial charge in [0, 0.05) is 36.4 Å². The molecule has 19 heavy (non-hydrogen) atoms. The van der Waals surface area contributed by atoms with E-state index in [9.17, 15) is 4.79 Å². The number of amides is 1. The normalized spacial score (nSPS) is 19.3. The summed E-state index contributed by atoms with van der Waals surface area (Å²) in [6, 6.07) is 10.2. The number of nitrogens with zero attached hydrogens (tertiary/aromatic N) is 2. The van der Waals surface area contributed by atoms with Gasteiger partial charge in [-0.05, 0) is 29.7 Å². The number of halogens is 1. The van der Waals surface area contributed by atoms with Gasteiger partial charge in [0.2, 0.25) is 5.91 Å². The van der Waals surface area contributed by atoms with E-state index in [1.165, 1.54) is 5.56 Å². The summed E-state index contributed by atoms with van der Waals surface area (Å²) in [7, 11) is 0. The van der Waals surface area contributed by atoms with Crippen molar-refractivity contribution in [3.63, 3.8) is 0 Å². The number of rotatable bonds is 3. The molecule has 1 aliphatic heterocycles. The predicted octanol–water partition coefficient (Wildman–Crippen LogP) is 2.98. The van der Waals surface area contributed by atoms with Crippen LogP contribution >= 0.6 is 15.9 Å². The van der Waals surface area contributed by atoms with Crippen molar-refractivity contribution in [3.05, 3.63) is 42.1 Å². The van der Waals surface area contributed by atoms with Gasteiger partial charge in [-0.15, -0.1) is 0 Å². The summed E-state index contributed by atoms with van der Waals surface area (Å²) >= 11 is 3.46. The largest absolute Gasteiger partial charge is 0.338 e. The molecule has 0 aliphatic carbocycles. The molecule has 1 amide bonds. The molecule has 1 atom stereocenters. The van der Waals surface area contributed by atoms with Gasteiger partial charge >= 0.3 is 0 Å². The maximum atomic E-state index is 11.9. The van der Waals surface area contributed by atoms with Gasteiger partial charge < -0.3 is 4.90 Å². The van der Waals surface area contributed by atoms with Gasteiger partial charge in [0.25, 0.3) is 0 Å². The third kappa shape index (κ3) is 2.63. The number of benzene rings is 1. The minimum absolute atomic E-state index is 0.260. The Morgan fingerprint density at radius 3 is 3.05 bits per heavy atom. The molecular formula is C15H15BrN2O. The summed E-state index contributed by atoms with van der Waals surface area (Å²) in [5, 5.41) is 2.03. The van der Waals surface area contributed by atoms with Gasteiger partial charge in [-0.3, -0.25) is 9.78 Å². The Kier molecular flexibility index (Phi) is 3.51. The van der Waals surface area contributed by atoms with Crippen LogP contribution in [0.2, 0.25) is 0 Å². The van der Waals surface area contributed by atoms with Crippen LogP contribution in [-0.2, 0) is 11.3 Å². The maximum Gasteiger partial charge on any atom is 0.223 e. The lowest BCUT2D eigenvalue weighted by Crippen LogP contribution is -2.24. The van der Waals surface area contributed by atoms with Crippen LogP contribution in [0.25, 0.3) is 10.9 Å². The third-order valence-corrected chi connectivity index (χ3v) is 4.47. The number of fused-ring (bicyclic) bond motifs is 1. The second-order valence-electron chi connectivity index (χ2n) is 5.03. The Balaban J connectivity index is 1.80. The van der Waals surface area contributed by atoms with Crippen molar-refractivity contribution in [2.75, 3.05) is 11.9 Å². The summed E-state index contributed by atoms with van der Waals surface area (Å²) in [4.78, 5) is 18.2. The molecule has 98 valence electrons. The highest BCUT2D eigenvalue weighted by molar-refractivity contribution is 9.09. The molecule has 0 saturated carbocycles. The van der Waals surface area contributed by atoms with E-state index in [0.29, 0.717) is 18.9 Å². The van der Waals surface area contributed by atoms with Crippen LogP contribution in [0.3, 0.4) is 0 Å². The molecule has 0 radical (unpaired) electrons. The summed E-state index contributed by atoms with van der Waals surface area (Å²) < 4.78 is 0. The molecule has 0 N–H and O–H groups in total. The fraction of sp³-hybridized carbons (Fsp3) is 0.333. The van der Waals surface area contributed by atoms with E-state index < -0.39 is 0 Å². The molecule has 1 aromatic heterocycles. The number of pyridine rings is 1. The van der Waals surface area contributed by atoms with Crippen LogP contribution in [0.15, 0.2) is 36.5 Å². The number of alkyl halides is 1. The van der Waals surface area contributed by atoms with Gasteiger partial charge in [0.1, 0.15) is 0 Å². The van der Waals surface area contributed by atoms with Crippen LogP contribution in [0.1, 0.15) is 12.0 Å². The highest BCUT2D eigenvalue weighted by Crippen LogP contribution is 2.22. The zero-order valence-electron chi connectivity index (χ0n) is 10.6. The lowest BCUT2D eigenvalue weighted by molar-refractivity contribution is -0.128. The number of hydrogen-bond donors (Lipinski definition) is 0. The van der Waals surface area contributed by atoms with Crippen LogP contribution < -0.4 is 0 Å². The van der Waals surface area contributed by atoms with Crippen molar-refractivity contribution in [1.29, 1.82) is 0 Å². The van der Waals surface area contributed by atoms with Crippen LogP contribution in [0, 0.1) is 5.92 Å². The Morgan fingerprint density at radius 1 is 1.37 bits per heavy atom. The Bertz CT molecular complexity index is 614. The lowest BCUT2D eigenvalue weighted by Gasteiger charge is -2.16. The standard InChI is InChI=1S/C15H15BrN2O/c16-8-12-7-15(19)18(10-12)9-11-3-4-14-13(6-11)2-1-5-17-14/h1-6,12H,7-10H2. The number of likely N-dealkylation sites (tertiary alicyclic amines) is 1. The predicted molar refractivity (Wildman–Crippen MR) is 79.1 cm³/mol. The first kappa shape index (κ1) is 12.6.